The number of aliphatic hydroxyl groups excluding tert-OH is 1. The molecule has 0 fully saturated rings. The van der Waals surface area contributed by atoms with Gasteiger partial charge in [0.2, 0.25) is 0 Å². The number of ketones is 1. The van der Waals surface area contributed by atoms with Crippen molar-refractivity contribution >= 4 is 5.78 Å². The van der Waals surface area contributed by atoms with E-state index in [1.54, 1.807) is 6.92 Å². The molecule has 2 heteroatoms. The van der Waals surface area contributed by atoms with E-state index in [4.69, 9.17) is 0 Å². The van der Waals surface area contributed by atoms with Gasteiger partial charge in [0.05, 0.1) is 6.10 Å². The zero-order valence-electron chi connectivity index (χ0n) is 26.0. The van der Waals surface area contributed by atoms with E-state index < -0.39 is 6.10 Å². The monoisotopic (exact) mass is 523 g/mol. The largest absolute Gasteiger partial charge is 0.392 e. The molecule has 2 nitrogen and oxygen atoms in total. The zero-order valence-corrected chi connectivity index (χ0v) is 26.0. The third kappa shape index (κ3) is 27.0. The molecule has 0 heterocycles. The van der Waals surface area contributed by atoms with Crippen LogP contribution in [0.3, 0.4) is 0 Å². The first kappa shape index (κ1) is 36.6. The Morgan fingerprint density at radius 2 is 0.676 bits per heavy atom. The third-order valence-corrected chi connectivity index (χ3v) is 8.46. The molecule has 0 amide bonds. The van der Waals surface area contributed by atoms with Crippen molar-refractivity contribution in [3.63, 3.8) is 0 Å². The Labute approximate surface area is 234 Å². The van der Waals surface area contributed by atoms with Gasteiger partial charge in [-0.1, -0.05) is 187 Å². The van der Waals surface area contributed by atoms with Gasteiger partial charge in [0.1, 0.15) is 5.78 Å². The number of rotatable bonds is 31. The smallest absolute Gasteiger partial charge is 0.135 e. The van der Waals surface area contributed by atoms with Crippen molar-refractivity contribution in [2.75, 3.05) is 0 Å². The van der Waals surface area contributed by atoms with Crippen LogP contribution in [0.25, 0.3) is 0 Å². The van der Waals surface area contributed by atoms with Crippen LogP contribution >= 0.6 is 0 Å². The first-order chi connectivity index (χ1) is 18.1. The molecule has 0 spiro atoms. The van der Waals surface area contributed by atoms with E-state index in [1.165, 1.54) is 161 Å². The molecule has 222 valence electrons. The maximum atomic E-state index is 12.1. The number of Topliss-reactive ketones (excluding diaryl/α,β-unsaturated/α-hetero) is 1. The number of carbonyl (C=O) groups excluding carboxylic acids is 1. The molecule has 0 saturated heterocycles. The average Bonchev–Trinajstić information content (AvgIpc) is 2.88. The van der Waals surface area contributed by atoms with Crippen LogP contribution in [0.5, 0.6) is 0 Å². The Morgan fingerprint density at radius 3 is 0.946 bits per heavy atom. The molecule has 0 bridgehead atoms. The summed E-state index contributed by atoms with van der Waals surface area (Å²) in [6.07, 6.45) is 37.8. The SMILES string of the molecule is CCCCCCCCCCCCCCCCCCCC[C@H](O)[C@@H](CCCCCCCCCCC)C(C)=O. The summed E-state index contributed by atoms with van der Waals surface area (Å²) in [7, 11) is 0. The predicted octanol–water partition coefficient (Wildman–Crippen LogP) is 11.9. The highest BCUT2D eigenvalue weighted by Gasteiger charge is 2.22. The van der Waals surface area contributed by atoms with E-state index in [2.05, 4.69) is 13.8 Å². The van der Waals surface area contributed by atoms with Gasteiger partial charge < -0.3 is 5.11 Å². The van der Waals surface area contributed by atoms with Crippen molar-refractivity contribution in [3.05, 3.63) is 0 Å². The van der Waals surface area contributed by atoms with Gasteiger partial charge in [-0.25, -0.2) is 0 Å². The van der Waals surface area contributed by atoms with Crippen LogP contribution in [0, 0.1) is 5.92 Å². The lowest BCUT2D eigenvalue weighted by atomic mass is 9.88. The standard InChI is InChI=1S/C35H70O2/c1-4-6-8-10-12-14-15-16-17-18-19-20-21-22-24-26-28-30-32-35(37)34(33(3)36)31-29-27-25-23-13-11-9-7-5-2/h34-35,37H,4-32H2,1-3H3/t34-,35-/m0/s1. The van der Waals surface area contributed by atoms with Crippen LogP contribution in [0.2, 0.25) is 0 Å². The molecule has 0 aliphatic carbocycles. The minimum atomic E-state index is -0.424. The van der Waals surface area contributed by atoms with Gasteiger partial charge in [0, 0.05) is 5.92 Å². The van der Waals surface area contributed by atoms with Crippen LogP contribution in [0.4, 0.5) is 0 Å². The van der Waals surface area contributed by atoms with E-state index >= 15 is 0 Å². The van der Waals surface area contributed by atoms with Crippen molar-refractivity contribution in [2.45, 2.75) is 213 Å². The zero-order chi connectivity index (χ0) is 27.2. The molecule has 1 N–H and O–H groups in total. The second-order valence-electron chi connectivity index (χ2n) is 12.2. The van der Waals surface area contributed by atoms with Crippen molar-refractivity contribution in [1.82, 2.24) is 0 Å². The van der Waals surface area contributed by atoms with E-state index in [0.717, 1.165) is 25.7 Å². The molecule has 0 rings (SSSR count). The Kier molecular flexibility index (Phi) is 29.9. The maximum Gasteiger partial charge on any atom is 0.135 e. The Bertz CT molecular complexity index is 447. The van der Waals surface area contributed by atoms with Gasteiger partial charge in [-0.2, -0.15) is 0 Å². The fraction of sp³-hybridized carbons (Fsp3) is 0.971. The van der Waals surface area contributed by atoms with E-state index in [0.29, 0.717) is 0 Å². The Morgan fingerprint density at radius 1 is 0.432 bits per heavy atom. The van der Waals surface area contributed by atoms with Gasteiger partial charge in [0.15, 0.2) is 0 Å². The topological polar surface area (TPSA) is 37.3 Å². The molecule has 37 heavy (non-hydrogen) atoms. The number of carbonyl (C=O) groups is 1. The van der Waals surface area contributed by atoms with Crippen LogP contribution < -0.4 is 0 Å². The van der Waals surface area contributed by atoms with Gasteiger partial charge >= 0.3 is 0 Å². The summed E-state index contributed by atoms with van der Waals surface area (Å²) < 4.78 is 0. The molecule has 0 aliphatic rings. The van der Waals surface area contributed by atoms with Crippen LogP contribution in [-0.2, 0) is 4.79 Å². The third-order valence-electron chi connectivity index (χ3n) is 8.46. The fourth-order valence-corrected chi connectivity index (χ4v) is 5.80. The highest BCUT2D eigenvalue weighted by molar-refractivity contribution is 5.78. The summed E-state index contributed by atoms with van der Waals surface area (Å²) in [6.45, 7) is 6.23. The Balaban J connectivity index is 3.48. The maximum absolute atomic E-state index is 12.1. The van der Waals surface area contributed by atoms with Crippen molar-refractivity contribution in [3.8, 4) is 0 Å². The summed E-state index contributed by atoms with van der Waals surface area (Å²) in [5.74, 6) is 0.0600. The van der Waals surface area contributed by atoms with Gasteiger partial charge in [-0.05, 0) is 19.8 Å². The van der Waals surface area contributed by atoms with E-state index in [9.17, 15) is 9.90 Å². The highest BCUT2D eigenvalue weighted by atomic mass is 16.3. The molecule has 0 radical (unpaired) electrons. The summed E-state index contributed by atoms with van der Waals surface area (Å²) in [6, 6.07) is 0. The second-order valence-corrected chi connectivity index (χ2v) is 12.2. The molecule has 0 saturated carbocycles. The number of hydrogen-bond acceptors (Lipinski definition) is 2. The lowest BCUT2D eigenvalue weighted by molar-refractivity contribution is -0.124. The van der Waals surface area contributed by atoms with Gasteiger partial charge in [0.25, 0.3) is 0 Å². The first-order valence-corrected chi connectivity index (χ1v) is 17.3. The lowest BCUT2D eigenvalue weighted by Gasteiger charge is -2.20. The van der Waals surface area contributed by atoms with Crippen LogP contribution in [0.15, 0.2) is 0 Å². The number of unbranched alkanes of at least 4 members (excludes halogenated alkanes) is 25. The molecular formula is C35H70O2. The lowest BCUT2D eigenvalue weighted by Crippen LogP contribution is -2.26. The normalized spacial score (nSPS) is 13.2. The second kappa shape index (κ2) is 30.2. The summed E-state index contributed by atoms with van der Waals surface area (Å²) in [5.41, 5.74) is 0. The molecule has 0 unspecified atom stereocenters. The van der Waals surface area contributed by atoms with E-state index in [-0.39, 0.29) is 11.7 Å². The van der Waals surface area contributed by atoms with Gasteiger partial charge in [-0.15, -0.1) is 0 Å². The molecule has 0 aromatic rings. The van der Waals surface area contributed by atoms with Crippen molar-refractivity contribution < 1.29 is 9.90 Å². The predicted molar refractivity (Wildman–Crippen MR) is 165 cm³/mol. The molecular weight excluding hydrogens is 452 g/mol. The van der Waals surface area contributed by atoms with Crippen LogP contribution in [0.1, 0.15) is 207 Å². The Hall–Kier alpha value is -0.370. The minimum Gasteiger partial charge on any atom is -0.392 e. The van der Waals surface area contributed by atoms with Crippen molar-refractivity contribution in [1.29, 1.82) is 0 Å². The number of aliphatic hydroxyl groups is 1. The molecule has 0 aromatic carbocycles. The summed E-state index contributed by atoms with van der Waals surface area (Å²) in [4.78, 5) is 12.1. The van der Waals surface area contributed by atoms with E-state index in [1.807, 2.05) is 0 Å². The quantitative estimate of drug-likeness (QED) is 0.0919. The average molecular weight is 523 g/mol. The molecule has 0 aliphatic heterocycles. The first-order valence-electron chi connectivity index (χ1n) is 17.3. The van der Waals surface area contributed by atoms with Crippen LogP contribution in [-0.4, -0.2) is 17.0 Å². The van der Waals surface area contributed by atoms with Crippen molar-refractivity contribution in [2.24, 2.45) is 5.92 Å². The summed E-state index contributed by atoms with van der Waals surface area (Å²) in [5, 5.41) is 10.6. The fourth-order valence-electron chi connectivity index (χ4n) is 5.80. The minimum absolute atomic E-state index is 0.129. The highest BCUT2D eigenvalue weighted by Crippen LogP contribution is 2.21. The molecule has 2 atom stereocenters. The summed E-state index contributed by atoms with van der Waals surface area (Å²) >= 11 is 0. The molecule has 0 aromatic heterocycles. The van der Waals surface area contributed by atoms with Gasteiger partial charge in [-0.3, -0.25) is 4.79 Å². The number of hydrogen-bond donors (Lipinski definition) is 1.